The van der Waals surface area contributed by atoms with Crippen LogP contribution in [0.25, 0.3) is 0 Å². The number of hydrogen-bond acceptors (Lipinski definition) is 5. The molecular formula is C10H15ClN2O4. The van der Waals surface area contributed by atoms with E-state index in [0.29, 0.717) is 19.8 Å². The number of benzene rings is 1. The molecule has 0 unspecified atom stereocenters. The molecule has 0 fully saturated rings. The number of halogens is 1. The van der Waals surface area contributed by atoms with Crippen molar-refractivity contribution < 1.29 is 14.4 Å². The Morgan fingerprint density at radius 3 is 2.59 bits per heavy atom. The Kier molecular flexibility index (Phi) is 8.04. The van der Waals surface area contributed by atoms with Crippen LogP contribution in [-0.2, 0) is 4.74 Å². The van der Waals surface area contributed by atoms with Crippen LogP contribution in [0.2, 0.25) is 0 Å². The summed E-state index contributed by atoms with van der Waals surface area (Å²) in [6.07, 6.45) is 0. The molecule has 7 heteroatoms. The molecule has 0 amide bonds. The van der Waals surface area contributed by atoms with Gasteiger partial charge in [0.15, 0.2) is 5.75 Å². The molecule has 6 nitrogen and oxygen atoms in total. The second kappa shape index (κ2) is 8.74. The van der Waals surface area contributed by atoms with E-state index >= 15 is 0 Å². The van der Waals surface area contributed by atoms with Crippen molar-refractivity contribution in [3.63, 3.8) is 0 Å². The zero-order valence-electron chi connectivity index (χ0n) is 9.20. The number of ether oxygens (including phenoxy) is 2. The van der Waals surface area contributed by atoms with E-state index < -0.39 is 4.92 Å². The van der Waals surface area contributed by atoms with Crippen molar-refractivity contribution in [1.29, 1.82) is 0 Å². The minimum absolute atomic E-state index is 0. The second-order valence-corrected chi connectivity index (χ2v) is 2.97. The van der Waals surface area contributed by atoms with Crippen molar-refractivity contribution in [3.05, 3.63) is 34.4 Å². The molecule has 0 aromatic heterocycles. The van der Waals surface area contributed by atoms with Crippen LogP contribution in [0, 0.1) is 10.1 Å². The fourth-order valence-corrected chi connectivity index (χ4v) is 1.13. The fourth-order valence-electron chi connectivity index (χ4n) is 1.13. The highest BCUT2D eigenvalue weighted by Gasteiger charge is 2.12. The smallest absolute Gasteiger partial charge is 0.310 e. The number of rotatable bonds is 7. The first-order valence-electron chi connectivity index (χ1n) is 4.89. The maximum atomic E-state index is 10.6. The Hall–Kier alpha value is -1.37. The minimum Gasteiger partial charge on any atom is -0.484 e. The normalized spacial score (nSPS) is 9.47. The van der Waals surface area contributed by atoms with Gasteiger partial charge in [0.05, 0.1) is 18.1 Å². The van der Waals surface area contributed by atoms with E-state index in [4.69, 9.17) is 15.2 Å². The number of nitro benzene ring substituents is 1. The van der Waals surface area contributed by atoms with Crippen molar-refractivity contribution in [1.82, 2.24) is 0 Å². The van der Waals surface area contributed by atoms with Gasteiger partial charge in [0.2, 0.25) is 0 Å². The summed E-state index contributed by atoms with van der Waals surface area (Å²) >= 11 is 0. The average molecular weight is 263 g/mol. The van der Waals surface area contributed by atoms with Gasteiger partial charge in [-0.1, -0.05) is 12.1 Å². The van der Waals surface area contributed by atoms with Gasteiger partial charge < -0.3 is 15.2 Å². The molecule has 0 atom stereocenters. The maximum absolute atomic E-state index is 10.6. The van der Waals surface area contributed by atoms with Crippen LogP contribution >= 0.6 is 12.4 Å². The highest BCUT2D eigenvalue weighted by molar-refractivity contribution is 5.85. The van der Waals surface area contributed by atoms with Crippen molar-refractivity contribution in [3.8, 4) is 5.75 Å². The first kappa shape index (κ1) is 15.6. The molecule has 0 aliphatic rings. The lowest BCUT2D eigenvalue weighted by Gasteiger charge is -2.06. The molecule has 1 aromatic rings. The van der Waals surface area contributed by atoms with Crippen molar-refractivity contribution in [2.75, 3.05) is 26.4 Å². The van der Waals surface area contributed by atoms with Gasteiger partial charge in [-0.2, -0.15) is 0 Å². The molecule has 0 bridgehead atoms. The lowest BCUT2D eigenvalue weighted by atomic mass is 10.3. The molecule has 0 heterocycles. The largest absolute Gasteiger partial charge is 0.484 e. The summed E-state index contributed by atoms with van der Waals surface area (Å²) in [6, 6.07) is 6.23. The third-order valence-corrected chi connectivity index (χ3v) is 1.81. The molecular weight excluding hydrogens is 248 g/mol. The Bertz CT molecular complexity index is 349. The molecule has 1 aromatic carbocycles. The van der Waals surface area contributed by atoms with Crippen LogP contribution in [0.1, 0.15) is 0 Å². The van der Waals surface area contributed by atoms with Crippen LogP contribution in [0.4, 0.5) is 5.69 Å². The molecule has 1 rings (SSSR count). The van der Waals surface area contributed by atoms with Crippen LogP contribution < -0.4 is 10.5 Å². The van der Waals surface area contributed by atoms with Crippen molar-refractivity contribution in [2.45, 2.75) is 0 Å². The maximum Gasteiger partial charge on any atom is 0.310 e. The van der Waals surface area contributed by atoms with Crippen molar-refractivity contribution >= 4 is 18.1 Å². The van der Waals surface area contributed by atoms with Gasteiger partial charge in [0.1, 0.15) is 6.61 Å². The zero-order chi connectivity index (χ0) is 11.8. The Morgan fingerprint density at radius 2 is 1.94 bits per heavy atom. The SMILES string of the molecule is Cl.NCCOCCOc1ccccc1[N+](=O)[O-]. The topological polar surface area (TPSA) is 87.6 Å². The highest BCUT2D eigenvalue weighted by Crippen LogP contribution is 2.25. The van der Waals surface area contributed by atoms with E-state index in [-0.39, 0.29) is 30.5 Å². The molecule has 0 saturated carbocycles. The van der Waals surface area contributed by atoms with Gasteiger partial charge >= 0.3 is 5.69 Å². The van der Waals surface area contributed by atoms with Gasteiger partial charge in [-0.25, -0.2) is 0 Å². The van der Waals surface area contributed by atoms with E-state index in [1.165, 1.54) is 6.07 Å². The molecule has 0 aliphatic carbocycles. The number of para-hydroxylation sites is 2. The summed E-state index contributed by atoms with van der Waals surface area (Å²) in [4.78, 5) is 10.2. The molecule has 96 valence electrons. The number of nitrogens with two attached hydrogens (primary N) is 1. The zero-order valence-corrected chi connectivity index (χ0v) is 10.0. The summed E-state index contributed by atoms with van der Waals surface area (Å²) in [6.45, 7) is 1.54. The van der Waals surface area contributed by atoms with E-state index in [1.54, 1.807) is 18.2 Å². The summed E-state index contributed by atoms with van der Waals surface area (Å²) in [7, 11) is 0. The fraction of sp³-hybridized carbons (Fsp3) is 0.400. The Balaban J connectivity index is 0.00000256. The van der Waals surface area contributed by atoms with Gasteiger partial charge in [-0.15, -0.1) is 12.4 Å². The second-order valence-electron chi connectivity index (χ2n) is 2.97. The molecule has 0 radical (unpaired) electrons. The van der Waals surface area contributed by atoms with Crippen LogP contribution in [0.5, 0.6) is 5.75 Å². The van der Waals surface area contributed by atoms with Crippen molar-refractivity contribution in [2.24, 2.45) is 5.73 Å². The van der Waals surface area contributed by atoms with Gasteiger partial charge in [0, 0.05) is 12.6 Å². The summed E-state index contributed by atoms with van der Waals surface area (Å²) in [5.41, 5.74) is 5.19. The number of nitrogens with zero attached hydrogens (tertiary/aromatic N) is 1. The monoisotopic (exact) mass is 262 g/mol. The van der Waals surface area contributed by atoms with Gasteiger partial charge in [-0.05, 0) is 6.07 Å². The van der Waals surface area contributed by atoms with Crippen LogP contribution in [0.15, 0.2) is 24.3 Å². The summed E-state index contributed by atoms with van der Waals surface area (Å²) in [5.74, 6) is 0.254. The first-order valence-corrected chi connectivity index (χ1v) is 4.89. The molecule has 17 heavy (non-hydrogen) atoms. The average Bonchev–Trinajstić information content (AvgIpc) is 2.29. The van der Waals surface area contributed by atoms with E-state index in [9.17, 15) is 10.1 Å². The third-order valence-electron chi connectivity index (χ3n) is 1.81. The molecule has 0 aliphatic heterocycles. The predicted octanol–water partition coefficient (Wildman–Crippen LogP) is 1.37. The van der Waals surface area contributed by atoms with E-state index in [0.717, 1.165) is 0 Å². The van der Waals surface area contributed by atoms with Gasteiger partial charge in [-0.3, -0.25) is 10.1 Å². The molecule has 0 spiro atoms. The lowest BCUT2D eigenvalue weighted by Crippen LogP contribution is -2.13. The minimum atomic E-state index is -0.476. The van der Waals surface area contributed by atoms with E-state index in [2.05, 4.69) is 0 Å². The summed E-state index contributed by atoms with van der Waals surface area (Å²) < 4.78 is 10.3. The van der Waals surface area contributed by atoms with Crippen LogP contribution in [-0.4, -0.2) is 31.3 Å². The summed E-state index contributed by atoms with van der Waals surface area (Å²) in [5, 5.41) is 10.6. The van der Waals surface area contributed by atoms with E-state index in [1.807, 2.05) is 0 Å². The standard InChI is InChI=1S/C10H14N2O4.ClH/c11-5-6-15-7-8-16-10-4-2-1-3-9(10)12(13)14;/h1-4H,5-8,11H2;1H. The Labute approximate surface area is 105 Å². The molecule has 0 saturated heterocycles. The third kappa shape index (κ3) is 5.48. The lowest BCUT2D eigenvalue weighted by molar-refractivity contribution is -0.385. The van der Waals surface area contributed by atoms with Gasteiger partial charge in [0.25, 0.3) is 0 Å². The Morgan fingerprint density at radius 1 is 1.24 bits per heavy atom. The highest BCUT2D eigenvalue weighted by atomic mass is 35.5. The quantitative estimate of drug-likeness (QED) is 0.455. The van der Waals surface area contributed by atoms with Crippen LogP contribution in [0.3, 0.4) is 0 Å². The first-order chi connectivity index (χ1) is 7.75. The number of nitro groups is 1. The predicted molar refractivity (Wildman–Crippen MR) is 65.7 cm³/mol. The molecule has 2 N–H and O–H groups in total. The number of hydrogen-bond donors (Lipinski definition) is 1.